The average molecular weight is 249 g/mol. The lowest BCUT2D eigenvalue weighted by Gasteiger charge is -2.10. The molecule has 0 saturated heterocycles. The van der Waals surface area contributed by atoms with Crippen molar-refractivity contribution in [3.63, 3.8) is 0 Å². The Morgan fingerprint density at radius 2 is 2.17 bits per heavy atom. The van der Waals surface area contributed by atoms with Crippen molar-refractivity contribution >= 4 is 0 Å². The van der Waals surface area contributed by atoms with E-state index in [0.29, 0.717) is 17.8 Å². The van der Waals surface area contributed by atoms with Crippen LogP contribution >= 0.6 is 0 Å². The van der Waals surface area contributed by atoms with Crippen LogP contribution in [0.4, 0.5) is 4.39 Å². The van der Waals surface area contributed by atoms with E-state index in [2.05, 4.69) is 10.2 Å². The van der Waals surface area contributed by atoms with Gasteiger partial charge in [-0.1, -0.05) is 0 Å². The summed E-state index contributed by atoms with van der Waals surface area (Å²) in [7, 11) is 0. The number of aromatic amines is 1. The van der Waals surface area contributed by atoms with E-state index in [9.17, 15) is 4.39 Å². The number of hydrogen-bond donors (Lipinski definition) is 2. The van der Waals surface area contributed by atoms with E-state index in [4.69, 9.17) is 10.5 Å². The molecule has 3 N–H and O–H groups in total. The van der Waals surface area contributed by atoms with Crippen molar-refractivity contribution in [1.29, 1.82) is 0 Å². The number of ether oxygens (including phenoxy) is 1. The van der Waals surface area contributed by atoms with Gasteiger partial charge < -0.3 is 10.5 Å². The maximum atomic E-state index is 13.8. The van der Waals surface area contributed by atoms with Crippen LogP contribution in [0.1, 0.15) is 19.5 Å². The van der Waals surface area contributed by atoms with E-state index in [1.165, 1.54) is 6.07 Å². The number of halogens is 1. The van der Waals surface area contributed by atoms with Gasteiger partial charge in [-0.05, 0) is 38.1 Å². The van der Waals surface area contributed by atoms with Crippen LogP contribution in [0, 0.1) is 5.82 Å². The summed E-state index contributed by atoms with van der Waals surface area (Å²) in [6, 6.07) is 6.60. The van der Waals surface area contributed by atoms with Crippen LogP contribution in [0.2, 0.25) is 0 Å². The predicted octanol–water partition coefficient (Wildman–Crippen LogP) is 2.46. The summed E-state index contributed by atoms with van der Waals surface area (Å²) in [5, 5.41) is 6.87. The fraction of sp³-hybridized carbons (Fsp3) is 0.308. The molecule has 0 amide bonds. The number of benzene rings is 1. The molecule has 0 radical (unpaired) electrons. The van der Waals surface area contributed by atoms with Gasteiger partial charge in [-0.15, -0.1) is 0 Å². The van der Waals surface area contributed by atoms with Gasteiger partial charge in [0.25, 0.3) is 0 Å². The van der Waals surface area contributed by atoms with Gasteiger partial charge in [-0.3, -0.25) is 5.10 Å². The van der Waals surface area contributed by atoms with Crippen LogP contribution in [-0.2, 0) is 6.54 Å². The number of H-pyrrole nitrogens is 1. The highest BCUT2D eigenvalue weighted by atomic mass is 19.1. The van der Waals surface area contributed by atoms with Crippen LogP contribution in [0.25, 0.3) is 11.3 Å². The Balaban J connectivity index is 2.28. The summed E-state index contributed by atoms with van der Waals surface area (Å²) in [5.41, 5.74) is 7.66. The molecule has 96 valence electrons. The van der Waals surface area contributed by atoms with Crippen LogP contribution in [-0.4, -0.2) is 16.3 Å². The Kier molecular flexibility index (Phi) is 3.62. The number of hydrogen-bond acceptors (Lipinski definition) is 3. The van der Waals surface area contributed by atoms with Crippen molar-refractivity contribution in [2.45, 2.75) is 26.5 Å². The summed E-state index contributed by atoms with van der Waals surface area (Å²) in [4.78, 5) is 0. The molecule has 0 aliphatic heterocycles. The molecule has 4 nitrogen and oxygen atoms in total. The summed E-state index contributed by atoms with van der Waals surface area (Å²) < 4.78 is 19.1. The summed E-state index contributed by atoms with van der Waals surface area (Å²) >= 11 is 0. The molecule has 1 aromatic carbocycles. The number of nitrogens with two attached hydrogens (primary N) is 1. The molecule has 0 atom stereocenters. The van der Waals surface area contributed by atoms with E-state index in [0.717, 1.165) is 5.69 Å². The molecule has 0 fully saturated rings. The summed E-state index contributed by atoms with van der Waals surface area (Å²) in [5.74, 6) is -0.137. The van der Waals surface area contributed by atoms with Crippen LogP contribution in [0.5, 0.6) is 5.75 Å². The average Bonchev–Trinajstić information content (AvgIpc) is 2.80. The Morgan fingerprint density at radius 3 is 2.72 bits per heavy atom. The second-order valence-electron chi connectivity index (χ2n) is 4.29. The minimum absolute atomic E-state index is 0.0559. The topological polar surface area (TPSA) is 63.9 Å². The van der Waals surface area contributed by atoms with Crippen molar-refractivity contribution in [3.8, 4) is 17.0 Å². The lowest BCUT2D eigenvalue weighted by Crippen LogP contribution is -2.06. The lowest BCUT2D eigenvalue weighted by molar-refractivity contribution is 0.231. The highest BCUT2D eigenvalue weighted by Gasteiger charge is 2.09. The van der Waals surface area contributed by atoms with Gasteiger partial charge in [-0.25, -0.2) is 4.39 Å². The third-order valence-electron chi connectivity index (χ3n) is 2.44. The Morgan fingerprint density at radius 1 is 1.39 bits per heavy atom. The molecule has 1 aromatic heterocycles. The first-order chi connectivity index (χ1) is 8.60. The van der Waals surface area contributed by atoms with Gasteiger partial charge in [-0.2, -0.15) is 5.10 Å². The minimum atomic E-state index is -0.390. The largest absolute Gasteiger partial charge is 0.488 e. The second-order valence-corrected chi connectivity index (χ2v) is 4.29. The molecule has 18 heavy (non-hydrogen) atoms. The van der Waals surface area contributed by atoms with Crippen molar-refractivity contribution in [2.75, 3.05) is 0 Å². The SMILES string of the molecule is CC(C)Oc1ccc(-c2cc(CN)[nH]n2)cc1F. The summed E-state index contributed by atoms with van der Waals surface area (Å²) in [6.07, 6.45) is -0.0559. The maximum Gasteiger partial charge on any atom is 0.165 e. The van der Waals surface area contributed by atoms with Crippen LogP contribution < -0.4 is 10.5 Å². The predicted molar refractivity (Wildman–Crippen MR) is 67.6 cm³/mol. The molecule has 5 heteroatoms. The molecule has 1 heterocycles. The molecule has 0 spiro atoms. The molecular formula is C13H16FN3O. The fourth-order valence-corrected chi connectivity index (χ4v) is 1.62. The van der Waals surface area contributed by atoms with Gasteiger partial charge in [0.1, 0.15) is 0 Å². The van der Waals surface area contributed by atoms with Gasteiger partial charge in [0.15, 0.2) is 11.6 Å². The molecular weight excluding hydrogens is 233 g/mol. The number of aromatic nitrogens is 2. The van der Waals surface area contributed by atoms with E-state index in [1.54, 1.807) is 18.2 Å². The fourth-order valence-electron chi connectivity index (χ4n) is 1.62. The zero-order valence-electron chi connectivity index (χ0n) is 10.4. The number of nitrogens with zero attached hydrogens (tertiary/aromatic N) is 1. The van der Waals surface area contributed by atoms with Gasteiger partial charge in [0, 0.05) is 17.8 Å². The van der Waals surface area contributed by atoms with Gasteiger partial charge in [0.2, 0.25) is 0 Å². The Hall–Kier alpha value is -1.88. The maximum absolute atomic E-state index is 13.8. The highest BCUT2D eigenvalue weighted by Crippen LogP contribution is 2.25. The van der Waals surface area contributed by atoms with E-state index >= 15 is 0 Å². The molecule has 0 saturated carbocycles. The molecule has 2 rings (SSSR count). The van der Waals surface area contributed by atoms with Crippen molar-refractivity contribution < 1.29 is 9.13 Å². The van der Waals surface area contributed by atoms with E-state index < -0.39 is 5.82 Å². The van der Waals surface area contributed by atoms with Crippen LogP contribution in [0.3, 0.4) is 0 Å². The van der Waals surface area contributed by atoms with Crippen molar-refractivity contribution in [2.24, 2.45) is 5.73 Å². The number of nitrogens with one attached hydrogen (secondary N) is 1. The van der Waals surface area contributed by atoms with Gasteiger partial charge in [0.05, 0.1) is 11.8 Å². The van der Waals surface area contributed by atoms with Crippen molar-refractivity contribution in [1.82, 2.24) is 10.2 Å². The van der Waals surface area contributed by atoms with Crippen LogP contribution in [0.15, 0.2) is 24.3 Å². The molecule has 0 aliphatic rings. The Bertz CT molecular complexity index is 537. The number of rotatable bonds is 4. The monoisotopic (exact) mass is 249 g/mol. The zero-order chi connectivity index (χ0) is 13.1. The molecule has 2 aromatic rings. The van der Waals surface area contributed by atoms with Gasteiger partial charge >= 0.3 is 0 Å². The highest BCUT2D eigenvalue weighted by molar-refractivity contribution is 5.60. The van der Waals surface area contributed by atoms with E-state index in [-0.39, 0.29) is 11.9 Å². The standard InChI is InChI=1S/C13H16FN3O/c1-8(2)18-13-4-3-9(5-11(13)14)12-6-10(7-15)16-17-12/h3-6,8H,7,15H2,1-2H3,(H,16,17). The third kappa shape index (κ3) is 2.68. The molecule has 0 aliphatic carbocycles. The summed E-state index contributed by atoms with van der Waals surface area (Å²) in [6.45, 7) is 4.09. The minimum Gasteiger partial charge on any atom is -0.488 e. The Labute approximate surface area is 105 Å². The lowest BCUT2D eigenvalue weighted by atomic mass is 10.1. The molecule has 0 unspecified atom stereocenters. The first-order valence-electron chi connectivity index (χ1n) is 5.81. The zero-order valence-corrected chi connectivity index (χ0v) is 10.4. The smallest absolute Gasteiger partial charge is 0.165 e. The second kappa shape index (κ2) is 5.18. The van der Waals surface area contributed by atoms with E-state index in [1.807, 2.05) is 13.8 Å². The van der Waals surface area contributed by atoms with Crippen molar-refractivity contribution in [3.05, 3.63) is 35.8 Å². The first kappa shape index (κ1) is 12.6. The third-order valence-corrected chi connectivity index (χ3v) is 2.44. The normalized spacial score (nSPS) is 10.9. The molecule has 0 bridgehead atoms. The first-order valence-corrected chi connectivity index (χ1v) is 5.81. The quantitative estimate of drug-likeness (QED) is 0.874.